The summed E-state index contributed by atoms with van der Waals surface area (Å²) in [4.78, 5) is 14.3. The van der Waals surface area contributed by atoms with Crippen molar-refractivity contribution in [3.8, 4) is 0 Å². The average Bonchev–Trinajstić information content (AvgIpc) is 2.26. The van der Waals surface area contributed by atoms with Crippen molar-refractivity contribution in [2.45, 2.75) is 52.1 Å². The van der Waals surface area contributed by atoms with Gasteiger partial charge in [-0.05, 0) is 66.1 Å². The molecule has 1 rings (SSSR count). The molecule has 17 heavy (non-hydrogen) atoms. The van der Waals surface area contributed by atoms with Crippen molar-refractivity contribution in [1.82, 2.24) is 10.2 Å². The van der Waals surface area contributed by atoms with E-state index in [9.17, 15) is 4.79 Å². The Morgan fingerprint density at radius 2 is 1.94 bits per heavy atom. The number of hydrogen-bond acceptors (Lipinski definition) is 3. The fraction of sp³-hybridized carbons (Fsp3) is 0.923. The normalized spacial score (nSPS) is 21.2. The van der Waals surface area contributed by atoms with Crippen molar-refractivity contribution in [3.63, 3.8) is 0 Å². The summed E-state index contributed by atoms with van der Waals surface area (Å²) >= 11 is 0. The minimum Gasteiger partial charge on any atom is -0.350 e. The molecule has 4 nitrogen and oxygen atoms in total. The fourth-order valence-corrected chi connectivity index (χ4v) is 2.22. The molecule has 1 atom stereocenters. The number of nitrogens with one attached hydrogen (secondary N) is 1. The molecule has 3 N–H and O–H groups in total. The molecule has 0 aliphatic carbocycles. The number of piperidine rings is 1. The Morgan fingerprint density at radius 1 is 1.41 bits per heavy atom. The van der Waals surface area contributed by atoms with E-state index in [-0.39, 0.29) is 17.5 Å². The van der Waals surface area contributed by atoms with E-state index in [4.69, 9.17) is 5.73 Å². The van der Waals surface area contributed by atoms with Gasteiger partial charge in [0.25, 0.3) is 0 Å². The molecule has 1 heterocycles. The summed E-state index contributed by atoms with van der Waals surface area (Å²) in [7, 11) is 0. The van der Waals surface area contributed by atoms with E-state index in [1.54, 1.807) is 0 Å². The summed E-state index contributed by atoms with van der Waals surface area (Å²) in [6.07, 6.45) is 2.23. The molecule has 1 fully saturated rings. The van der Waals surface area contributed by atoms with Crippen molar-refractivity contribution in [2.75, 3.05) is 19.6 Å². The maximum Gasteiger partial charge on any atom is 0.237 e. The highest BCUT2D eigenvalue weighted by molar-refractivity contribution is 5.81. The lowest BCUT2D eigenvalue weighted by Crippen LogP contribution is -2.52. The van der Waals surface area contributed by atoms with Crippen molar-refractivity contribution < 1.29 is 4.79 Å². The Labute approximate surface area is 105 Å². The Kier molecular flexibility index (Phi) is 4.95. The van der Waals surface area contributed by atoms with E-state index in [0.29, 0.717) is 5.92 Å². The zero-order valence-electron chi connectivity index (χ0n) is 11.6. The molecule has 4 heteroatoms. The molecule has 0 saturated carbocycles. The maximum absolute atomic E-state index is 12.0. The van der Waals surface area contributed by atoms with Gasteiger partial charge in [-0.3, -0.25) is 9.69 Å². The SMILES string of the molecule is CC(C(=O)NC(C)(C)C)N1CCC(CN)CC1. The number of nitrogens with zero attached hydrogens (tertiary/aromatic N) is 1. The van der Waals surface area contributed by atoms with Gasteiger partial charge in [-0.25, -0.2) is 0 Å². The first-order valence-corrected chi connectivity index (χ1v) is 6.59. The van der Waals surface area contributed by atoms with Crippen LogP contribution >= 0.6 is 0 Å². The first kappa shape index (κ1) is 14.5. The number of amides is 1. The summed E-state index contributed by atoms with van der Waals surface area (Å²) < 4.78 is 0. The van der Waals surface area contributed by atoms with E-state index >= 15 is 0 Å². The van der Waals surface area contributed by atoms with E-state index in [1.165, 1.54) is 0 Å². The van der Waals surface area contributed by atoms with Gasteiger partial charge >= 0.3 is 0 Å². The second-order valence-electron chi connectivity index (χ2n) is 6.13. The van der Waals surface area contributed by atoms with Crippen LogP contribution in [0, 0.1) is 5.92 Å². The van der Waals surface area contributed by atoms with Crippen LogP contribution in [0.5, 0.6) is 0 Å². The van der Waals surface area contributed by atoms with E-state index < -0.39 is 0 Å². The number of nitrogens with two attached hydrogens (primary N) is 1. The number of carbonyl (C=O) groups excluding carboxylic acids is 1. The molecule has 0 aromatic rings. The smallest absolute Gasteiger partial charge is 0.237 e. The van der Waals surface area contributed by atoms with Gasteiger partial charge in [0.05, 0.1) is 6.04 Å². The van der Waals surface area contributed by atoms with E-state index in [1.807, 2.05) is 27.7 Å². The topological polar surface area (TPSA) is 58.4 Å². The third-order valence-corrected chi connectivity index (χ3v) is 3.41. The molecule has 1 amide bonds. The highest BCUT2D eigenvalue weighted by atomic mass is 16.2. The standard InChI is InChI=1S/C13H27N3O/c1-10(12(17)15-13(2,3)4)16-7-5-11(9-14)6-8-16/h10-11H,5-9,14H2,1-4H3,(H,15,17). The molecular formula is C13H27N3O. The van der Waals surface area contributed by atoms with Crippen LogP contribution in [0.4, 0.5) is 0 Å². The van der Waals surface area contributed by atoms with Crippen LogP contribution in [0.3, 0.4) is 0 Å². The molecule has 0 aromatic carbocycles. The minimum atomic E-state index is -0.152. The highest BCUT2D eigenvalue weighted by Crippen LogP contribution is 2.18. The number of rotatable bonds is 3. The Hall–Kier alpha value is -0.610. The van der Waals surface area contributed by atoms with Gasteiger partial charge in [-0.2, -0.15) is 0 Å². The molecule has 0 aromatic heterocycles. The van der Waals surface area contributed by atoms with Crippen molar-refractivity contribution in [2.24, 2.45) is 11.7 Å². The summed E-state index contributed by atoms with van der Waals surface area (Å²) in [5, 5.41) is 3.04. The third-order valence-electron chi connectivity index (χ3n) is 3.41. The summed E-state index contributed by atoms with van der Waals surface area (Å²) in [6.45, 7) is 10.8. The van der Waals surface area contributed by atoms with Gasteiger partial charge in [0.2, 0.25) is 5.91 Å². The molecule has 1 unspecified atom stereocenters. The van der Waals surface area contributed by atoms with Crippen LogP contribution in [-0.4, -0.2) is 42.0 Å². The minimum absolute atomic E-state index is 0.0343. The summed E-state index contributed by atoms with van der Waals surface area (Å²) in [6, 6.07) is -0.0343. The zero-order valence-corrected chi connectivity index (χ0v) is 11.6. The lowest BCUT2D eigenvalue weighted by molar-refractivity contribution is -0.127. The van der Waals surface area contributed by atoms with Gasteiger partial charge in [-0.1, -0.05) is 0 Å². The molecule has 0 spiro atoms. The van der Waals surface area contributed by atoms with Gasteiger partial charge in [-0.15, -0.1) is 0 Å². The molecule has 1 aliphatic rings. The number of carbonyl (C=O) groups is 1. The second-order valence-corrected chi connectivity index (χ2v) is 6.13. The van der Waals surface area contributed by atoms with Gasteiger partial charge in [0, 0.05) is 5.54 Å². The van der Waals surface area contributed by atoms with E-state index in [0.717, 1.165) is 32.5 Å². The first-order chi connectivity index (χ1) is 7.83. The largest absolute Gasteiger partial charge is 0.350 e. The second kappa shape index (κ2) is 5.83. The monoisotopic (exact) mass is 241 g/mol. The molecular weight excluding hydrogens is 214 g/mol. The predicted molar refractivity (Wildman–Crippen MR) is 70.7 cm³/mol. The molecule has 0 bridgehead atoms. The summed E-state index contributed by atoms with van der Waals surface area (Å²) in [5.41, 5.74) is 5.52. The van der Waals surface area contributed by atoms with Crippen LogP contribution in [0.15, 0.2) is 0 Å². The quantitative estimate of drug-likeness (QED) is 0.774. The number of likely N-dealkylation sites (tertiary alicyclic amines) is 1. The van der Waals surface area contributed by atoms with Crippen LogP contribution in [0.1, 0.15) is 40.5 Å². The Bertz CT molecular complexity index is 252. The van der Waals surface area contributed by atoms with Crippen LogP contribution in [0.25, 0.3) is 0 Å². The van der Waals surface area contributed by atoms with Crippen molar-refractivity contribution >= 4 is 5.91 Å². The molecule has 0 radical (unpaired) electrons. The predicted octanol–water partition coefficient (Wildman–Crippen LogP) is 0.960. The van der Waals surface area contributed by atoms with Crippen LogP contribution < -0.4 is 11.1 Å². The Balaban J connectivity index is 2.43. The maximum atomic E-state index is 12.0. The van der Waals surface area contributed by atoms with Gasteiger partial charge in [0.1, 0.15) is 0 Å². The van der Waals surface area contributed by atoms with Crippen LogP contribution in [-0.2, 0) is 4.79 Å². The first-order valence-electron chi connectivity index (χ1n) is 6.59. The molecule has 1 saturated heterocycles. The molecule has 1 aliphatic heterocycles. The lowest BCUT2D eigenvalue weighted by atomic mass is 9.96. The van der Waals surface area contributed by atoms with Gasteiger partial charge in [0.15, 0.2) is 0 Å². The fourth-order valence-electron chi connectivity index (χ4n) is 2.22. The van der Waals surface area contributed by atoms with E-state index in [2.05, 4.69) is 10.2 Å². The zero-order chi connectivity index (χ0) is 13.1. The van der Waals surface area contributed by atoms with Crippen LogP contribution in [0.2, 0.25) is 0 Å². The van der Waals surface area contributed by atoms with Crippen molar-refractivity contribution in [3.05, 3.63) is 0 Å². The van der Waals surface area contributed by atoms with Gasteiger partial charge < -0.3 is 11.1 Å². The third kappa shape index (κ3) is 4.64. The number of hydrogen-bond donors (Lipinski definition) is 2. The van der Waals surface area contributed by atoms with Crippen molar-refractivity contribution in [1.29, 1.82) is 0 Å². The highest BCUT2D eigenvalue weighted by Gasteiger charge is 2.27. The Morgan fingerprint density at radius 3 is 2.35 bits per heavy atom. The lowest BCUT2D eigenvalue weighted by Gasteiger charge is -2.36. The average molecular weight is 241 g/mol. The molecule has 100 valence electrons. The summed E-state index contributed by atoms with van der Waals surface area (Å²) in [5.74, 6) is 0.771.